The van der Waals surface area contributed by atoms with E-state index in [2.05, 4.69) is 136 Å². The topological polar surface area (TPSA) is 60.9 Å². The highest BCUT2D eigenvalue weighted by molar-refractivity contribution is 6.54. The number of benzene rings is 1. The highest BCUT2D eigenvalue weighted by Gasteiger charge is 2.33. The Bertz CT molecular complexity index is 1820. The molecule has 0 saturated carbocycles. The van der Waals surface area contributed by atoms with Crippen LogP contribution in [0.5, 0.6) is 0 Å². The molecule has 2 heterocycles. The zero-order valence-electron chi connectivity index (χ0n) is 28.3. The first-order valence-electron chi connectivity index (χ1n) is 17.3. The van der Waals surface area contributed by atoms with E-state index in [1.165, 1.54) is 0 Å². The molecule has 0 saturated heterocycles. The third-order valence-corrected chi connectivity index (χ3v) is 9.40. The Morgan fingerprint density at radius 1 is 0.938 bits per heavy atom. The molecule has 5 atom stereocenters. The van der Waals surface area contributed by atoms with Gasteiger partial charge in [-0.15, -0.1) is 0 Å². The number of hydrogen-bond acceptors (Lipinski definition) is 4. The minimum Gasteiger partial charge on any atom is -0.305 e. The highest BCUT2D eigenvalue weighted by atomic mass is 15.0. The van der Waals surface area contributed by atoms with Crippen LogP contribution in [0.3, 0.4) is 0 Å². The van der Waals surface area contributed by atoms with Crippen LogP contribution in [0.25, 0.3) is 0 Å². The second-order valence-electron chi connectivity index (χ2n) is 13.2. The summed E-state index contributed by atoms with van der Waals surface area (Å²) < 4.78 is 0. The molecule has 2 aliphatic heterocycles. The van der Waals surface area contributed by atoms with Gasteiger partial charge in [0.15, 0.2) is 0 Å². The smallest absolute Gasteiger partial charge is 0.0920 e. The molecule has 0 amide bonds. The Hall–Kier alpha value is -4.96. The van der Waals surface area contributed by atoms with Crippen LogP contribution in [-0.2, 0) is 0 Å². The van der Waals surface area contributed by atoms with Crippen molar-refractivity contribution in [3.63, 3.8) is 0 Å². The molecule has 4 nitrogen and oxygen atoms in total. The van der Waals surface area contributed by atoms with E-state index in [4.69, 9.17) is 20.4 Å². The van der Waals surface area contributed by atoms with Gasteiger partial charge < -0.3 is 5.41 Å². The molecule has 242 valence electrons. The van der Waals surface area contributed by atoms with E-state index in [0.29, 0.717) is 5.71 Å². The maximum Gasteiger partial charge on any atom is 0.0920 e. The van der Waals surface area contributed by atoms with Crippen molar-refractivity contribution in [2.24, 2.45) is 32.7 Å². The van der Waals surface area contributed by atoms with Crippen molar-refractivity contribution in [1.82, 2.24) is 0 Å². The fraction of sp³-hybridized carbons (Fsp3) is 0.273. The van der Waals surface area contributed by atoms with Crippen LogP contribution in [0.1, 0.15) is 45.6 Å². The lowest BCUT2D eigenvalue weighted by atomic mass is 9.84. The predicted octanol–water partition coefficient (Wildman–Crippen LogP) is 9.86. The van der Waals surface area contributed by atoms with Gasteiger partial charge in [0, 0.05) is 28.8 Å². The van der Waals surface area contributed by atoms with Crippen LogP contribution in [0.2, 0.25) is 0 Å². The van der Waals surface area contributed by atoms with Crippen molar-refractivity contribution in [3.05, 3.63) is 168 Å². The first kappa shape index (κ1) is 33.0. The molecule has 0 spiro atoms. The molecule has 1 aromatic carbocycles. The molecule has 0 fully saturated rings. The van der Waals surface area contributed by atoms with Crippen molar-refractivity contribution >= 4 is 22.8 Å². The summed E-state index contributed by atoms with van der Waals surface area (Å²) in [6.07, 6.45) is 39.8. The third kappa shape index (κ3) is 7.60. The molecule has 0 radical (unpaired) electrons. The minimum atomic E-state index is -0.150. The van der Waals surface area contributed by atoms with E-state index in [0.717, 1.165) is 64.3 Å². The Labute approximate surface area is 286 Å². The lowest BCUT2D eigenvalue weighted by Crippen LogP contribution is -2.37. The maximum absolute atomic E-state index is 8.76. The number of rotatable bonds is 10. The Morgan fingerprint density at radius 2 is 1.77 bits per heavy atom. The lowest BCUT2D eigenvalue weighted by molar-refractivity contribution is 0.465. The maximum atomic E-state index is 8.76. The number of nitrogens with one attached hydrogen (secondary N) is 1. The van der Waals surface area contributed by atoms with Gasteiger partial charge in [-0.2, -0.15) is 0 Å². The largest absolute Gasteiger partial charge is 0.305 e. The molecule has 0 aromatic heterocycles. The van der Waals surface area contributed by atoms with E-state index in [-0.39, 0.29) is 35.9 Å². The van der Waals surface area contributed by atoms with Crippen LogP contribution >= 0.6 is 0 Å². The van der Waals surface area contributed by atoms with Gasteiger partial charge in [0.25, 0.3) is 0 Å². The van der Waals surface area contributed by atoms with Crippen molar-refractivity contribution in [2.75, 3.05) is 0 Å². The SMILES string of the molecule is C=CC(=C\C=C\C1N=C(c2ccccc2)C(C2=CCCC=C2)=NC1C1C=CC=CC1)/C(=C/C(=N)C(C)C)C1=CC2N=C(C)C=C[C@@H]2C=C1. The molecule has 1 aromatic rings. The van der Waals surface area contributed by atoms with Crippen molar-refractivity contribution in [3.8, 4) is 0 Å². The van der Waals surface area contributed by atoms with Gasteiger partial charge >= 0.3 is 0 Å². The average molecular weight is 631 g/mol. The Balaban J connectivity index is 1.39. The zero-order chi connectivity index (χ0) is 33.5. The standard InChI is InChI=1S/C44H46N4/c1-5-32(38(29-39(45)30(2)3)37-27-26-33-25-24-31(4)46-41(33)28-37)22-15-23-40-42(34-16-9-6-10-17-34)48-44(36-20-13-8-14-21-36)43(47-40)35-18-11-7-12-19-35/h5-7,9-13,15-16,18-30,33-34,40-42,45H,1,8,14,17H2,2-4H3/b23-15+,32-22+,38-29-,45-39?/t33-,34?,40?,41?,42?/m1/s1. The summed E-state index contributed by atoms with van der Waals surface area (Å²) in [5.74, 6) is 0.610. The summed E-state index contributed by atoms with van der Waals surface area (Å²) in [5, 5.41) is 8.76. The van der Waals surface area contributed by atoms with Gasteiger partial charge in [0.2, 0.25) is 0 Å². The van der Waals surface area contributed by atoms with Gasteiger partial charge in [-0.1, -0.05) is 142 Å². The average Bonchev–Trinajstić information content (AvgIpc) is 3.13. The number of fused-ring (bicyclic) bond motifs is 1. The molecule has 4 heteroatoms. The summed E-state index contributed by atoms with van der Waals surface area (Å²) in [5.41, 5.74) is 8.79. The van der Waals surface area contributed by atoms with Gasteiger partial charge in [-0.25, -0.2) is 0 Å². The molecular weight excluding hydrogens is 585 g/mol. The van der Waals surface area contributed by atoms with Crippen LogP contribution < -0.4 is 0 Å². The second-order valence-corrected chi connectivity index (χ2v) is 13.2. The van der Waals surface area contributed by atoms with Crippen molar-refractivity contribution < 1.29 is 0 Å². The van der Waals surface area contributed by atoms with Gasteiger partial charge in [0.05, 0.1) is 29.5 Å². The molecule has 0 bridgehead atoms. The summed E-state index contributed by atoms with van der Waals surface area (Å²) in [4.78, 5) is 15.9. The minimum absolute atomic E-state index is 0.0350. The van der Waals surface area contributed by atoms with Crippen LogP contribution in [0.15, 0.2) is 177 Å². The fourth-order valence-electron chi connectivity index (χ4n) is 6.62. The third-order valence-electron chi connectivity index (χ3n) is 9.40. The number of nitrogens with zero attached hydrogens (tertiary/aromatic N) is 3. The Morgan fingerprint density at radius 3 is 2.50 bits per heavy atom. The lowest BCUT2D eigenvalue weighted by Gasteiger charge is -2.32. The Kier molecular flexibility index (Phi) is 10.5. The number of hydrogen-bond donors (Lipinski definition) is 1. The van der Waals surface area contributed by atoms with E-state index in [9.17, 15) is 0 Å². The van der Waals surface area contributed by atoms with Gasteiger partial charge in [-0.3, -0.25) is 15.0 Å². The highest BCUT2D eigenvalue weighted by Crippen LogP contribution is 2.33. The quantitative estimate of drug-likeness (QED) is 0.198. The number of allylic oxidation sites excluding steroid dienone is 16. The molecule has 4 unspecified atom stereocenters. The molecule has 5 aliphatic rings. The summed E-state index contributed by atoms with van der Waals surface area (Å²) in [6, 6.07) is 10.3. The van der Waals surface area contributed by atoms with Crippen molar-refractivity contribution in [2.45, 2.75) is 58.2 Å². The molecular formula is C44H46N4. The van der Waals surface area contributed by atoms with Gasteiger partial charge in [-0.05, 0) is 66.5 Å². The van der Waals surface area contributed by atoms with E-state index >= 15 is 0 Å². The first-order valence-corrected chi connectivity index (χ1v) is 17.3. The van der Waals surface area contributed by atoms with E-state index in [1.807, 2.05) is 25.1 Å². The second kappa shape index (κ2) is 15.3. The summed E-state index contributed by atoms with van der Waals surface area (Å²) in [6.45, 7) is 10.4. The number of dihydropyridines is 1. The van der Waals surface area contributed by atoms with E-state index in [1.54, 1.807) is 0 Å². The van der Waals surface area contributed by atoms with Crippen LogP contribution in [0.4, 0.5) is 0 Å². The predicted molar refractivity (Wildman–Crippen MR) is 206 cm³/mol. The molecule has 3 aliphatic carbocycles. The fourth-order valence-corrected chi connectivity index (χ4v) is 6.62. The summed E-state index contributed by atoms with van der Waals surface area (Å²) >= 11 is 0. The van der Waals surface area contributed by atoms with Crippen LogP contribution in [0, 0.1) is 23.2 Å². The molecule has 48 heavy (non-hydrogen) atoms. The monoisotopic (exact) mass is 630 g/mol. The van der Waals surface area contributed by atoms with Crippen molar-refractivity contribution in [1.29, 1.82) is 5.41 Å². The normalized spacial score (nSPS) is 26.9. The van der Waals surface area contributed by atoms with Gasteiger partial charge in [0.1, 0.15) is 0 Å². The summed E-state index contributed by atoms with van der Waals surface area (Å²) in [7, 11) is 0. The zero-order valence-corrected chi connectivity index (χ0v) is 28.3. The molecule has 6 rings (SSSR count). The molecule has 1 N–H and O–H groups in total. The van der Waals surface area contributed by atoms with E-state index < -0.39 is 0 Å². The first-order chi connectivity index (χ1) is 23.4. The van der Waals surface area contributed by atoms with Crippen LogP contribution in [-0.4, -0.2) is 41.0 Å². The number of aliphatic imine (C=N–C) groups is 3.